The lowest BCUT2D eigenvalue weighted by Gasteiger charge is -2.10. The van der Waals surface area contributed by atoms with E-state index in [2.05, 4.69) is 6.92 Å². The maximum absolute atomic E-state index is 14.4. The topological polar surface area (TPSA) is 35.5 Å². The molecule has 0 radical (unpaired) electrons. The molecule has 3 nitrogen and oxygen atoms in total. The van der Waals surface area contributed by atoms with Crippen LogP contribution in [-0.4, -0.2) is 12.6 Å². The lowest BCUT2D eigenvalue weighted by molar-refractivity contribution is -0.134. The Morgan fingerprint density at radius 3 is 1.93 bits per heavy atom. The van der Waals surface area contributed by atoms with Crippen molar-refractivity contribution in [3.8, 4) is 22.6 Å². The molecular weight excluding hydrogens is 386 g/mol. The van der Waals surface area contributed by atoms with Crippen molar-refractivity contribution in [2.24, 2.45) is 0 Å². The summed E-state index contributed by atoms with van der Waals surface area (Å²) in [5.41, 5.74) is 1.03. The average Bonchev–Trinajstić information content (AvgIpc) is 2.74. The SMILES string of the molecule is CCCCCCCCOc1ccc(-c2ccc(OC(=O)CCCC)c(F)c2)cc1F. The van der Waals surface area contributed by atoms with Crippen molar-refractivity contribution in [3.63, 3.8) is 0 Å². The highest BCUT2D eigenvalue weighted by molar-refractivity contribution is 5.73. The van der Waals surface area contributed by atoms with Gasteiger partial charge in [-0.15, -0.1) is 0 Å². The smallest absolute Gasteiger partial charge is 0.311 e. The number of rotatable bonds is 13. The van der Waals surface area contributed by atoms with Crippen LogP contribution in [0.1, 0.15) is 71.6 Å². The van der Waals surface area contributed by atoms with Crippen LogP contribution in [-0.2, 0) is 4.79 Å². The van der Waals surface area contributed by atoms with Gasteiger partial charge in [-0.25, -0.2) is 8.78 Å². The molecule has 0 heterocycles. The number of carbonyl (C=O) groups excluding carboxylic acids is 1. The lowest BCUT2D eigenvalue weighted by atomic mass is 10.0. The molecule has 5 heteroatoms. The van der Waals surface area contributed by atoms with Gasteiger partial charge in [0.2, 0.25) is 0 Å². The van der Waals surface area contributed by atoms with Gasteiger partial charge in [0.1, 0.15) is 0 Å². The summed E-state index contributed by atoms with van der Waals surface area (Å²) in [4.78, 5) is 11.7. The van der Waals surface area contributed by atoms with E-state index >= 15 is 0 Å². The van der Waals surface area contributed by atoms with Crippen LogP contribution in [0.15, 0.2) is 36.4 Å². The molecule has 2 rings (SSSR count). The monoisotopic (exact) mass is 418 g/mol. The van der Waals surface area contributed by atoms with Gasteiger partial charge < -0.3 is 9.47 Å². The Morgan fingerprint density at radius 1 is 0.767 bits per heavy atom. The van der Waals surface area contributed by atoms with E-state index in [9.17, 15) is 13.6 Å². The molecule has 0 fully saturated rings. The second kappa shape index (κ2) is 13.0. The van der Waals surface area contributed by atoms with Crippen LogP contribution in [0.4, 0.5) is 8.78 Å². The van der Waals surface area contributed by atoms with Crippen LogP contribution in [0.2, 0.25) is 0 Å². The molecule has 0 spiro atoms. The maximum atomic E-state index is 14.4. The van der Waals surface area contributed by atoms with Crippen LogP contribution in [0, 0.1) is 11.6 Å². The third-order valence-electron chi connectivity index (χ3n) is 4.91. The molecule has 0 N–H and O–H groups in total. The highest BCUT2D eigenvalue weighted by Gasteiger charge is 2.12. The summed E-state index contributed by atoms with van der Waals surface area (Å²) < 4.78 is 39.3. The van der Waals surface area contributed by atoms with E-state index in [1.807, 2.05) is 6.92 Å². The van der Waals surface area contributed by atoms with Crippen molar-refractivity contribution in [2.45, 2.75) is 71.6 Å². The molecule has 0 atom stereocenters. The second-order valence-electron chi connectivity index (χ2n) is 7.48. The molecule has 0 saturated carbocycles. The zero-order chi connectivity index (χ0) is 21.8. The van der Waals surface area contributed by atoms with Crippen LogP contribution < -0.4 is 9.47 Å². The summed E-state index contributed by atoms with van der Waals surface area (Å²) in [6.45, 7) is 4.63. The molecule has 0 aromatic heterocycles. The van der Waals surface area contributed by atoms with Crippen LogP contribution in [0.3, 0.4) is 0 Å². The Hall–Kier alpha value is -2.43. The Morgan fingerprint density at radius 2 is 1.33 bits per heavy atom. The first-order valence-corrected chi connectivity index (χ1v) is 11.0. The zero-order valence-electron chi connectivity index (χ0n) is 18.0. The fourth-order valence-electron chi connectivity index (χ4n) is 3.12. The predicted molar refractivity (Wildman–Crippen MR) is 116 cm³/mol. The van der Waals surface area contributed by atoms with E-state index in [-0.39, 0.29) is 17.9 Å². The molecule has 0 aliphatic rings. The van der Waals surface area contributed by atoms with Crippen molar-refractivity contribution < 1.29 is 23.0 Å². The van der Waals surface area contributed by atoms with Gasteiger partial charge in [-0.05, 0) is 48.2 Å². The number of benzene rings is 2. The molecular formula is C25H32F2O3. The number of unbranched alkanes of at least 4 members (excludes halogenated alkanes) is 6. The van der Waals surface area contributed by atoms with E-state index in [4.69, 9.17) is 9.47 Å². The summed E-state index contributed by atoms with van der Waals surface area (Å²) >= 11 is 0. The number of ether oxygens (including phenoxy) is 2. The summed E-state index contributed by atoms with van der Waals surface area (Å²) in [5.74, 6) is -1.50. The van der Waals surface area contributed by atoms with Gasteiger partial charge in [0, 0.05) is 6.42 Å². The minimum atomic E-state index is -0.652. The van der Waals surface area contributed by atoms with Gasteiger partial charge >= 0.3 is 5.97 Å². The molecule has 0 unspecified atom stereocenters. The summed E-state index contributed by atoms with van der Waals surface area (Å²) in [6, 6.07) is 8.85. The van der Waals surface area contributed by atoms with Crippen molar-refractivity contribution in [2.75, 3.05) is 6.61 Å². The van der Waals surface area contributed by atoms with E-state index in [1.165, 1.54) is 43.9 Å². The number of carbonyl (C=O) groups is 1. The normalized spacial score (nSPS) is 10.8. The van der Waals surface area contributed by atoms with E-state index in [0.717, 1.165) is 19.3 Å². The maximum Gasteiger partial charge on any atom is 0.311 e. The average molecular weight is 419 g/mol. The zero-order valence-corrected chi connectivity index (χ0v) is 18.0. The standard InChI is InChI=1S/C25H32F2O3/c1-3-5-7-8-9-10-16-29-23-14-12-19(17-21(23)26)20-13-15-24(22(27)18-20)30-25(28)11-6-4-2/h12-15,17-18H,3-11,16H2,1-2H3. The molecule has 0 saturated heterocycles. The second-order valence-corrected chi connectivity index (χ2v) is 7.48. The van der Waals surface area contributed by atoms with Crippen molar-refractivity contribution in [1.29, 1.82) is 0 Å². The fourth-order valence-corrected chi connectivity index (χ4v) is 3.12. The van der Waals surface area contributed by atoms with Crippen LogP contribution >= 0.6 is 0 Å². The third-order valence-corrected chi connectivity index (χ3v) is 4.91. The minimum absolute atomic E-state index is 0.112. The van der Waals surface area contributed by atoms with Gasteiger partial charge in [-0.1, -0.05) is 64.5 Å². The molecule has 30 heavy (non-hydrogen) atoms. The molecule has 0 aliphatic heterocycles. The lowest BCUT2D eigenvalue weighted by Crippen LogP contribution is -2.08. The summed E-state index contributed by atoms with van der Waals surface area (Å²) in [6.07, 6.45) is 8.66. The van der Waals surface area contributed by atoms with E-state index in [1.54, 1.807) is 18.2 Å². The van der Waals surface area contributed by atoms with Gasteiger partial charge in [0.25, 0.3) is 0 Å². The van der Waals surface area contributed by atoms with Crippen molar-refractivity contribution >= 4 is 5.97 Å². The van der Waals surface area contributed by atoms with Gasteiger partial charge in [0.15, 0.2) is 23.1 Å². The van der Waals surface area contributed by atoms with Crippen molar-refractivity contribution in [3.05, 3.63) is 48.0 Å². The van der Waals surface area contributed by atoms with Crippen LogP contribution in [0.25, 0.3) is 11.1 Å². The van der Waals surface area contributed by atoms with Crippen molar-refractivity contribution in [1.82, 2.24) is 0 Å². The van der Waals surface area contributed by atoms with Gasteiger partial charge in [-0.2, -0.15) is 0 Å². The summed E-state index contributed by atoms with van der Waals surface area (Å²) in [7, 11) is 0. The largest absolute Gasteiger partial charge is 0.491 e. The first kappa shape index (κ1) is 23.8. The third kappa shape index (κ3) is 7.77. The molecule has 0 aliphatic carbocycles. The highest BCUT2D eigenvalue weighted by atomic mass is 19.1. The first-order valence-electron chi connectivity index (χ1n) is 11.0. The molecule has 0 amide bonds. The Kier molecular flexibility index (Phi) is 10.3. The molecule has 0 bridgehead atoms. The number of hydrogen-bond donors (Lipinski definition) is 0. The van der Waals surface area contributed by atoms with E-state index in [0.29, 0.717) is 24.2 Å². The number of hydrogen-bond acceptors (Lipinski definition) is 3. The Balaban J connectivity index is 1.92. The Bertz CT molecular complexity index is 805. The molecule has 2 aromatic rings. The highest BCUT2D eigenvalue weighted by Crippen LogP contribution is 2.29. The predicted octanol–water partition coefficient (Wildman–Crippen LogP) is 7.47. The first-order chi connectivity index (χ1) is 14.5. The number of halogens is 2. The summed E-state index contributed by atoms with van der Waals surface area (Å²) in [5, 5.41) is 0. The van der Waals surface area contributed by atoms with Gasteiger partial charge in [-0.3, -0.25) is 4.79 Å². The quantitative estimate of drug-likeness (QED) is 0.192. The number of esters is 1. The minimum Gasteiger partial charge on any atom is -0.491 e. The Labute approximate surface area is 178 Å². The molecule has 164 valence electrons. The fraction of sp³-hybridized carbons (Fsp3) is 0.480. The van der Waals surface area contributed by atoms with Gasteiger partial charge in [0.05, 0.1) is 6.61 Å². The molecule has 2 aromatic carbocycles. The van der Waals surface area contributed by atoms with E-state index < -0.39 is 17.6 Å². The van der Waals surface area contributed by atoms with Crippen LogP contribution in [0.5, 0.6) is 11.5 Å².